The maximum absolute atomic E-state index is 12.8. The first-order valence-corrected chi connectivity index (χ1v) is 11.8. The fourth-order valence-electron chi connectivity index (χ4n) is 3.34. The van der Waals surface area contributed by atoms with E-state index >= 15 is 0 Å². The summed E-state index contributed by atoms with van der Waals surface area (Å²) in [5, 5.41) is 5.66. The molecule has 0 aliphatic heterocycles. The van der Waals surface area contributed by atoms with Gasteiger partial charge in [-0.1, -0.05) is 41.9 Å². The zero-order valence-electron chi connectivity index (χ0n) is 18.6. The van der Waals surface area contributed by atoms with Crippen molar-refractivity contribution in [1.29, 1.82) is 0 Å². The standard InChI is InChI=1S/C26H22ClN3O3S/c1-17-7-6-10-22(13-17)30(18(2)31)26-29-21(16-34-26)15-33-24-12-11-19(27)14-23(24)25(32)28-20-8-4-3-5-9-20/h3-14,16H,15H2,1-2H3,(H,28,32). The number of para-hydroxylation sites is 1. The summed E-state index contributed by atoms with van der Waals surface area (Å²) in [5.74, 6) is -0.0793. The number of benzene rings is 3. The highest BCUT2D eigenvalue weighted by atomic mass is 35.5. The maximum atomic E-state index is 12.8. The molecule has 0 atom stereocenters. The number of carbonyl (C=O) groups is 2. The zero-order chi connectivity index (χ0) is 24.1. The molecule has 0 saturated heterocycles. The van der Waals surface area contributed by atoms with E-state index in [0.717, 1.165) is 11.3 Å². The first-order chi connectivity index (χ1) is 16.4. The summed E-state index contributed by atoms with van der Waals surface area (Å²) in [6.07, 6.45) is 0. The van der Waals surface area contributed by atoms with Gasteiger partial charge >= 0.3 is 0 Å². The number of halogens is 1. The van der Waals surface area contributed by atoms with Gasteiger partial charge in [0, 0.05) is 23.0 Å². The molecule has 0 spiro atoms. The van der Waals surface area contributed by atoms with Gasteiger partial charge in [0.2, 0.25) is 5.91 Å². The van der Waals surface area contributed by atoms with Crippen LogP contribution >= 0.6 is 22.9 Å². The van der Waals surface area contributed by atoms with Crippen LogP contribution in [0.4, 0.5) is 16.5 Å². The van der Waals surface area contributed by atoms with E-state index in [4.69, 9.17) is 16.3 Å². The molecule has 0 aliphatic rings. The highest BCUT2D eigenvalue weighted by Gasteiger charge is 2.19. The topological polar surface area (TPSA) is 71.5 Å². The van der Waals surface area contributed by atoms with Crippen LogP contribution in [0.2, 0.25) is 5.02 Å². The van der Waals surface area contributed by atoms with E-state index in [1.807, 2.05) is 54.8 Å². The van der Waals surface area contributed by atoms with Crippen molar-refractivity contribution < 1.29 is 14.3 Å². The molecule has 6 nitrogen and oxygen atoms in total. The molecule has 0 bridgehead atoms. The third-order valence-corrected chi connectivity index (χ3v) is 6.01. The van der Waals surface area contributed by atoms with Gasteiger partial charge in [-0.25, -0.2) is 4.98 Å². The van der Waals surface area contributed by atoms with E-state index in [-0.39, 0.29) is 18.4 Å². The molecule has 3 aromatic carbocycles. The molecule has 172 valence electrons. The molecule has 0 saturated carbocycles. The van der Waals surface area contributed by atoms with Crippen molar-refractivity contribution in [2.45, 2.75) is 20.5 Å². The summed E-state index contributed by atoms with van der Waals surface area (Å²) in [4.78, 5) is 31.4. The summed E-state index contributed by atoms with van der Waals surface area (Å²) >= 11 is 7.48. The van der Waals surface area contributed by atoms with Crippen LogP contribution in [0.15, 0.2) is 78.2 Å². The summed E-state index contributed by atoms with van der Waals surface area (Å²) in [6, 6.07) is 21.7. The van der Waals surface area contributed by atoms with Gasteiger partial charge < -0.3 is 10.1 Å². The lowest BCUT2D eigenvalue weighted by Gasteiger charge is -2.18. The Morgan fingerprint density at radius 1 is 1.06 bits per heavy atom. The third-order valence-electron chi connectivity index (χ3n) is 4.90. The SMILES string of the molecule is CC(=O)N(c1cccc(C)c1)c1nc(COc2ccc(Cl)cc2C(=O)Nc2ccccc2)cs1. The Bertz CT molecular complexity index is 1320. The highest BCUT2D eigenvalue weighted by Crippen LogP contribution is 2.30. The normalized spacial score (nSPS) is 10.6. The summed E-state index contributed by atoms with van der Waals surface area (Å²) in [6.45, 7) is 3.61. The average Bonchev–Trinajstić information content (AvgIpc) is 3.27. The average molecular weight is 492 g/mol. The maximum Gasteiger partial charge on any atom is 0.259 e. The molecule has 1 aromatic heterocycles. The van der Waals surface area contributed by atoms with Crippen molar-refractivity contribution in [3.8, 4) is 5.75 Å². The van der Waals surface area contributed by atoms with E-state index in [2.05, 4.69) is 10.3 Å². The number of nitrogens with one attached hydrogen (secondary N) is 1. The molecule has 0 unspecified atom stereocenters. The van der Waals surface area contributed by atoms with Crippen LogP contribution in [0.25, 0.3) is 0 Å². The van der Waals surface area contributed by atoms with E-state index in [1.165, 1.54) is 18.3 Å². The van der Waals surface area contributed by atoms with E-state index < -0.39 is 0 Å². The second-order valence-corrected chi connectivity index (χ2v) is 8.84. The number of hydrogen-bond acceptors (Lipinski definition) is 5. The Balaban J connectivity index is 1.51. The highest BCUT2D eigenvalue weighted by molar-refractivity contribution is 7.14. The van der Waals surface area contributed by atoms with Gasteiger partial charge in [0.25, 0.3) is 5.91 Å². The molecule has 2 amide bonds. The largest absolute Gasteiger partial charge is 0.486 e. The number of thiazole rings is 1. The number of hydrogen-bond donors (Lipinski definition) is 1. The minimum absolute atomic E-state index is 0.128. The molecule has 1 heterocycles. The smallest absolute Gasteiger partial charge is 0.259 e. The van der Waals surface area contributed by atoms with E-state index in [0.29, 0.717) is 32.8 Å². The minimum Gasteiger partial charge on any atom is -0.486 e. The Morgan fingerprint density at radius 3 is 2.59 bits per heavy atom. The van der Waals surface area contributed by atoms with Gasteiger partial charge in [0.15, 0.2) is 5.13 Å². The number of anilines is 3. The quantitative estimate of drug-likeness (QED) is 0.315. The van der Waals surface area contributed by atoms with Crippen LogP contribution < -0.4 is 15.0 Å². The number of rotatable bonds is 7. The van der Waals surface area contributed by atoms with Crippen molar-refractivity contribution in [3.63, 3.8) is 0 Å². The Labute approximate surface area is 206 Å². The Morgan fingerprint density at radius 2 is 1.85 bits per heavy atom. The minimum atomic E-state index is -0.329. The van der Waals surface area contributed by atoms with Crippen molar-refractivity contribution in [1.82, 2.24) is 4.98 Å². The lowest BCUT2D eigenvalue weighted by molar-refractivity contribution is -0.115. The van der Waals surface area contributed by atoms with E-state index in [1.54, 1.807) is 35.2 Å². The first-order valence-electron chi connectivity index (χ1n) is 10.5. The molecule has 0 fully saturated rings. The number of aryl methyl sites for hydroxylation is 1. The Kier molecular flexibility index (Phi) is 7.25. The predicted octanol–water partition coefficient (Wildman–Crippen LogP) is 6.62. The Hall–Kier alpha value is -3.68. The molecule has 1 N–H and O–H groups in total. The lowest BCUT2D eigenvalue weighted by atomic mass is 10.2. The number of ether oxygens (including phenoxy) is 1. The summed E-state index contributed by atoms with van der Waals surface area (Å²) in [7, 11) is 0. The molecule has 4 rings (SSSR count). The molecule has 0 aliphatic carbocycles. The van der Waals surface area contributed by atoms with Crippen LogP contribution in [0, 0.1) is 6.92 Å². The van der Waals surface area contributed by atoms with Crippen LogP contribution in [-0.4, -0.2) is 16.8 Å². The second kappa shape index (κ2) is 10.5. The zero-order valence-corrected chi connectivity index (χ0v) is 20.2. The van der Waals surface area contributed by atoms with Crippen molar-refractivity contribution in [2.75, 3.05) is 10.2 Å². The first kappa shape index (κ1) is 23.5. The fraction of sp³-hybridized carbons (Fsp3) is 0.115. The van der Waals surface area contributed by atoms with Gasteiger partial charge in [0.05, 0.1) is 16.9 Å². The van der Waals surface area contributed by atoms with Crippen LogP contribution in [0.5, 0.6) is 5.75 Å². The van der Waals surface area contributed by atoms with Crippen molar-refractivity contribution in [2.24, 2.45) is 0 Å². The molecule has 0 radical (unpaired) electrons. The summed E-state index contributed by atoms with van der Waals surface area (Å²) in [5.41, 5.74) is 3.43. The van der Waals surface area contributed by atoms with Gasteiger partial charge in [0.1, 0.15) is 12.4 Å². The van der Waals surface area contributed by atoms with Gasteiger partial charge in [-0.2, -0.15) is 0 Å². The fourth-order valence-corrected chi connectivity index (χ4v) is 4.38. The predicted molar refractivity (Wildman–Crippen MR) is 136 cm³/mol. The van der Waals surface area contributed by atoms with E-state index in [9.17, 15) is 9.59 Å². The molecule has 8 heteroatoms. The van der Waals surface area contributed by atoms with Gasteiger partial charge in [-0.3, -0.25) is 14.5 Å². The molecule has 4 aromatic rings. The monoisotopic (exact) mass is 491 g/mol. The van der Waals surface area contributed by atoms with Gasteiger partial charge in [-0.15, -0.1) is 11.3 Å². The van der Waals surface area contributed by atoms with Crippen LogP contribution in [0.3, 0.4) is 0 Å². The number of nitrogens with zero attached hydrogens (tertiary/aromatic N) is 2. The van der Waals surface area contributed by atoms with Crippen LogP contribution in [0.1, 0.15) is 28.5 Å². The molecular weight excluding hydrogens is 470 g/mol. The number of amides is 2. The number of carbonyl (C=O) groups excluding carboxylic acids is 2. The number of aromatic nitrogens is 1. The third kappa shape index (κ3) is 5.62. The lowest BCUT2D eigenvalue weighted by Crippen LogP contribution is -2.22. The van der Waals surface area contributed by atoms with Gasteiger partial charge in [-0.05, 0) is 55.0 Å². The summed E-state index contributed by atoms with van der Waals surface area (Å²) < 4.78 is 5.94. The molecule has 34 heavy (non-hydrogen) atoms. The van der Waals surface area contributed by atoms with Crippen molar-refractivity contribution in [3.05, 3.63) is 100 Å². The molecular formula is C26H22ClN3O3S. The second-order valence-electron chi connectivity index (χ2n) is 7.56. The van der Waals surface area contributed by atoms with Crippen molar-refractivity contribution >= 4 is 51.3 Å². The van der Waals surface area contributed by atoms with Crippen LogP contribution in [-0.2, 0) is 11.4 Å².